The van der Waals surface area contributed by atoms with Gasteiger partial charge in [-0.25, -0.2) is 9.28 Å². The molecule has 2 unspecified atom stereocenters. The molecule has 10 heteroatoms. The maximum Gasteiger partial charge on any atom is 0.514 e. The van der Waals surface area contributed by atoms with Gasteiger partial charge in [0.15, 0.2) is 24.2 Å². The number of carbonyl (C=O) groups excluding carboxylic acids is 3. The Hall–Kier alpha value is -3.08. The quantitative estimate of drug-likeness (QED) is 0.201. The highest BCUT2D eigenvalue weighted by Gasteiger charge is 2.62. The van der Waals surface area contributed by atoms with Crippen LogP contribution in [0.15, 0.2) is 30.3 Å². The molecular formula is C31H35BrNO8+. The highest BCUT2D eigenvalue weighted by molar-refractivity contribution is 9.10. The predicted octanol–water partition coefficient (Wildman–Crippen LogP) is 5.19. The van der Waals surface area contributed by atoms with Crippen LogP contribution in [0.25, 0.3) is 11.1 Å². The zero-order valence-electron chi connectivity index (χ0n) is 23.7. The summed E-state index contributed by atoms with van der Waals surface area (Å²) < 4.78 is 16.2. The average molecular weight is 630 g/mol. The number of hydrogen-bond donors (Lipinski definition) is 1. The second kappa shape index (κ2) is 11.0. The van der Waals surface area contributed by atoms with Gasteiger partial charge in [0.2, 0.25) is 0 Å². The Morgan fingerprint density at radius 1 is 1.10 bits per heavy atom. The fourth-order valence-electron chi connectivity index (χ4n) is 6.57. The molecule has 1 aliphatic carbocycles. The first kappa shape index (κ1) is 29.4. The second-order valence-electron chi connectivity index (χ2n) is 12.1. The molecule has 1 fully saturated rings. The summed E-state index contributed by atoms with van der Waals surface area (Å²) in [6, 6.07) is 8.16. The number of carbonyl (C=O) groups is 4. The molecule has 41 heavy (non-hydrogen) atoms. The number of hydrogen-bond acceptors (Lipinski definition) is 7. The average Bonchev–Trinajstić information content (AvgIpc) is 3.34. The van der Waals surface area contributed by atoms with Gasteiger partial charge in [-0.05, 0) is 68.5 Å². The van der Waals surface area contributed by atoms with Crippen molar-refractivity contribution in [3.8, 4) is 16.9 Å². The van der Waals surface area contributed by atoms with E-state index in [9.17, 15) is 24.3 Å². The van der Waals surface area contributed by atoms with E-state index in [1.165, 1.54) is 0 Å². The number of methoxy groups -OCH3 is 1. The number of Topliss-reactive ketones (excluding diaryl/α,β-unsaturated/α-hetero) is 2. The molecule has 9 nitrogen and oxygen atoms in total. The third-order valence-corrected chi connectivity index (χ3v) is 9.59. The SMILES string of the molecule is COC[C@H]1C[C@@H](C(=O)OCC(=O)c2ccc3c(c2)COc2cc4c(cc2-3)CCC(Br)C4=O)[N+](C(=O)O)(C(C)(C)C)C1. The van der Waals surface area contributed by atoms with Crippen molar-refractivity contribution >= 4 is 39.6 Å². The van der Waals surface area contributed by atoms with E-state index < -0.39 is 34.7 Å². The number of fused-ring (bicyclic) bond motifs is 4. The Bertz CT molecular complexity index is 1430. The monoisotopic (exact) mass is 628 g/mol. The summed E-state index contributed by atoms with van der Waals surface area (Å²) in [5.74, 6) is -0.512. The summed E-state index contributed by atoms with van der Waals surface area (Å²) in [6.07, 6.45) is 0.718. The van der Waals surface area contributed by atoms with Crippen LogP contribution in [-0.2, 0) is 27.3 Å². The van der Waals surface area contributed by atoms with Crippen LogP contribution in [-0.4, -0.2) is 76.5 Å². The summed E-state index contributed by atoms with van der Waals surface area (Å²) in [6.45, 7) is 5.70. The number of carboxylic acid groups (broad SMARTS) is 1. The van der Waals surface area contributed by atoms with Gasteiger partial charge in [-0.1, -0.05) is 28.1 Å². The molecule has 0 aromatic heterocycles. The van der Waals surface area contributed by atoms with E-state index >= 15 is 0 Å². The molecule has 2 aromatic carbocycles. The molecule has 3 aliphatic rings. The molecule has 0 spiro atoms. The molecule has 5 rings (SSSR count). The minimum Gasteiger partial charge on any atom is -0.488 e. The van der Waals surface area contributed by atoms with E-state index in [4.69, 9.17) is 14.2 Å². The molecule has 2 heterocycles. The molecule has 218 valence electrons. The number of esters is 1. The smallest absolute Gasteiger partial charge is 0.488 e. The number of quaternary nitrogens is 1. The third-order valence-electron chi connectivity index (χ3n) is 8.72. The molecule has 1 N–H and O–H groups in total. The normalized spacial score (nSPS) is 25.0. The first-order valence-electron chi connectivity index (χ1n) is 13.8. The van der Waals surface area contributed by atoms with Gasteiger partial charge in [0.05, 0.1) is 18.0 Å². The molecule has 1 amide bonds. The van der Waals surface area contributed by atoms with Gasteiger partial charge in [0.1, 0.15) is 17.9 Å². The van der Waals surface area contributed by atoms with Crippen LogP contribution >= 0.6 is 15.9 Å². The summed E-state index contributed by atoms with van der Waals surface area (Å²) in [4.78, 5) is 51.4. The van der Waals surface area contributed by atoms with Gasteiger partial charge in [0, 0.05) is 36.1 Å². The number of aryl methyl sites for hydroxylation is 1. The van der Waals surface area contributed by atoms with Crippen molar-refractivity contribution in [3.05, 3.63) is 52.6 Å². The largest absolute Gasteiger partial charge is 0.514 e. The van der Waals surface area contributed by atoms with Gasteiger partial charge in [-0.2, -0.15) is 4.79 Å². The Labute approximate surface area is 247 Å². The van der Waals surface area contributed by atoms with E-state index in [0.29, 0.717) is 29.9 Å². The lowest BCUT2D eigenvalue weighted by atomic mass is 9.85. The molecule has 0 saturated carbocycles. The van der Waals surface area contributed by atoms with Crippen LogP contribution < -0.4 is 4.74 Å². The van der Waals surface area contributed by atoms with Crippen molar-refractivity contribution < 1.29 is 43.0 Å². The number of likely N-dealkylation sites (tertiary alicyclic amines) is 1. The number of amides is 1. The lowest BCUT2D eigenvalue weighted by Crippen LogP contribution is -2.68. The van der Waals surface area contributed by atoms with Crippen LogP contribution in [0.2, 0.25) is 0 Å². The summed E-state index contributed by atoms with van der Waals surface area (Å²) in [7, 11) is 1.55. The minimum atomic E-state index is -1.10. The Balaban J connectivity index is 1.33. The minimum absolute atomic E-state index is 0.0626. The predicted molar refractivity (Wildman–Crippen MR) is 154 cm³/mol. The molecule has 2 aromatic rings. The maximum absolute atomic E-state index is 13.3. The molecular weight excluding hydrogens is 594 g/mol. The van der Waals surface area contributed by atoms with Crippen LogP contribution in [0.5, 0.6) is 5.75 Å². The Kier molecular flexibility index (Phi) is 7.86. The van der Waals surface area contributed by atoms with Crippen LogP contribution in [0.1, 0.15) is 65.5 Å². The van der Waals surface area contributed by atoms with Gasteiger partial charge in [-0.3, -0.25) is 9.59 Å². The number of alkyl halides is 1. The van der Waals surface area contributed by atoms with Crippen molar-refractivity contribution in [2.45, 2.75) is 63.0 Å². The number of nitrogens with zero attached hydrogens (tertiary/aromatic N) is 1. The third kappa shape index (κ3) is 5.10. The van der Waals surface area contributed by atoms with Gasteiger partial charge < -0.3 is 19.3 Å². The first-order valence-corrected chi connectivity index (χ1v) is 14.7. The first-order chi connectivity index (χ1) is 19.4. The lowest BCUT2D eigenvalue weighted by molar-refractivity contribution is -0.908. The van der Waals surface area contributed by atoms with Crippen molar-refractivity contribution in [2.75, 3.05) is 26.9 Å². The zero-order chi connectivity index (χ0) is 29.7. The van der Waals surface area contributed by atoms with E-state index in [2.05, 4.69) is 15.9 Å². The summed E-state index contributed by atoms with van der Waals surface area (Å²) in [5, 5.41) is 10.3. The highest BCUT2D eigenvalue weighted by Crippen LogP contribution is 2.42. The number of ether oxygens (including phenoxy) is 3. The number of benzene rings is 2. The van der Waals surface area contributed by atoms with E-state index in [1.807, 2.05) is 18.2 Å². The van der Waals surface area contributed by atoms with Crippen LogP contribution in [0.3, 0.4) is 0 Å². The molecule has 0 radical (unpaired) electrons. The fraction of sp³-hybridized carbons (Fsp3) is 0.484. The number of rotatable bonds is 6. The summed E-state index contributed by atoms with van der Waals surface area (Å²) in [5.41, 5.74) is 3.90. The highest BCUT2D eigenvalue weighted by atomic mass is 79.9. The topological polar surface area (TPSA) is 116 Å². The second-order valence-corrected chi connectivity index (χ2v) is 13.3. The maximum atomic E-state index is 13.3. The van der Waals surface area contributed by atoms with Crippen molar-refractivity contribution in [1.82, 2.24) is 0 Å². The number of halogens is 1. The zero-order valence-corrected chi connectivity index (χ0v) is 25.3. The van der Waals surface area contributed by atoms with E-state index in [1.54, 1.807) is 40.0 Å². The van der Waals surface area contributed by atoms with Gasteiger partial charge >= 0.3 is 12.1 Å². The fourth-order valence-corrected chi connectivity index (χ4v) is 7.05. The molecule has 0 bridgehead atoms. The Morgan fingerprint density at radius 2 is 1.85 bits per heavy atom. The van der Waals surface area contributed by atoms with Crippen LogP contribution in [0.4, 0.5) is 4.79 Å². The van der Waals surface area contributed by atoms with Crippen LogP contribution in [0, 0.1) is 5.92 Å². The van der Waals surface area contributed by atoms with E-state index in [0.717, 1.165) is 35.1 Å². The number of ketones is 2. The van der Waals surface area contributed by atoms with Gasteiger partial charge in [-0.15, -0.1) is 0 Å². The standard InChI is InChI=1S/C31H34BrNO8/c1-31(2,3)33(30(37)38)13-17(14-39-4)9-25(33)29(36)41-16-26(34)19-5-7-21-20(10-19)15-40-27-12-22-18(11-23(21)27)6-8-24(32)28(22)35/h5,7,10-12,17,24-25H,6,8-9,13-16H2,1-4H3/p+1/t17-,24?,25-,33?/m0/s1. The lowest BCUT2D eigenvalue weighted by Gasteiger charge is -2.43. The van der Waals surface area contributed by atoms with Gasteiger partial charge in [0.25, 0.3) is 0 Å². The molecule has 2 aliphatic heterocycles. The van der Waals surface area contributed by atoms with Crippen molar-refractivity contribution in [3.63, 3.8) is 0 Å². The summed E-state index contributed by atoms with van der Waals surface area (Å²) >= 11 is 3.45. The van der Waals surface area contributed by atoms with Crippen molar-refractivity contribution in [2.24, 2.45) is 5.92 Å². The molecule has 1 saturated heterocycles. The Morgan fingerprint density at radius 3 is 2.54 bits per heavy atom. The molecule has 4 atom stereocenters. The van der Waals surface area contributed by atoms with Crippen molar-refractivity contribution in [1.29, 1.82) is 0 Å². The van der Waals surface area contributed by atoms with E-state index in [-0.39, 0.29) is 35.5 Å².